The first-order valence-electron chi connectivity index (χ1n) is 8.35. The van der Waals surface area contributed by atoms with Crippen molar-refractivity contribution in [3.8, 4) is 17.1 Å². The zero-order valence-corrected chi connectivity index (χ0v) is 14.6. The molecule has 9 nitrogen and oxygen atoms in total. The molecule has 0 aliphatic heterocycles. The van der Waals surface area contributed by atoms with Gasteiger partial charge in [-0.25, -0.2) is 4.98 Å². The minimum absolute atomic E-state index is 0.0804. The molecule has 2 aromatic carbocycles. The molecule has 27 heavy (non-hydrogen) atoms. The molecule has 0 bridgehead atoms. The Hall–Kier alpha value is -3.75. The van der Waals surface area contributed by atoms with Gasteiger partial charge in [-0.15, -0.1) is 10.2 Å². The molecule has 9 heteroatoms. The van der Waals surface area contributed by atoms with Gasteiger partial charge in [0.2, 0.25) is 5.82 Å². The number of nitrogens with zero attached hydrogens (tertiary/aromatic N) is 5. The Morgan fingerprint density at radius 2 is 2.00 bits per heavy atom. The number of fused-ring (bicyclic) bond motifs is 1. The smallest absolute Gasteiger partial charge is 0.258 e. The lowest BCUT2D eigenvalue weighted by Crippen LogP contribution is -2.28. The van der Waals surface area contributed by atoms with Gasteiger partial charge < -0.3 is 15.0 Å². The molecule has 0 fully saturated rings. The molecule has 0 spiro atoms. The first-order chi connectivity index (χ1) is 13.2. The van der Waals surface area contributed by atoms with Crippen LogP contribution in [0, 0.1) is 0 Å². The Kier molecular flexibility index (Phi) is 4.48. The van der Waals surface area contributed by atoms with Crippen molar-refractivity contribution in [2.45, 2.75) is 6.54 Å². The van der Waals surface area contributed by atoms with E-state index in [2.05, 4.69) is 30.7 Å². The summed E-state index contributed by atoms with van der Waals surface area (Å²) in [6.07, 6.45) is 0. The number of aromatic nitrogens is 6. The maximum atomic E-state index is 12.0. The zero-order chi connectivity index (χ0) is 18.6. The Morgan fingerprint density at radius 1 is 1.19 bits per heavy atom. The Morgan fingerprint density at radius 3 is 2.74 bits per heavy atom. The van der Waals surface area contributed by atoms with Crippen molar-refractivity contribution in [2.75, 3.05) is 6.61 Å². The third-order valence-electron chi connectivity index (χ3n) is 3.88. The Balaban J connectivity index is 1.28. The van der Waals surface area contributed by atoms with Gasteiger partial charge in [-0.1, -0.05) is 12.1 Å². The molecule has 0 saturated heterocycles. The molecule has 2 N–H and O–H groups in total. The van der Waals surface area contributed by atoms with Crippen LogP contribution in [0.2, 0.25) is 0 Å². The van der Waals surface area contributed by atoms with Crippen molar-refractivity contribution in [3.63, 3.8) is 0 Å². The summed E-state index contributed by atoms with van der Waals surface area (Å²) in [4.78, 5) is 21.0. The molecular formula is C18H17N7O2. The number of rotatable bonds is 6. The lowest BCUT2D eigenvalue weighted by Gasteiger charge is -2.07. The molecule has 0 saturated carbocycles. The molecule has 0 atom stereocenters. The largest absolute Gasteiger partial charge is 0.484 e. The standard InChI is InChI=1S/C18H17N7O2/c1-25-23-18(22-24-25)12-6-8-13(9-7-12)27-11-17(26)19-10-16-20-14-4-2-3-5-15(14)21-16/h2-9H,10-11H2,1H3,(H,19,26)(H,20,21). The lowest BCUT2D eigenvalue weighted by atomic mass is 10.2. The number of amides is 1. The number of aromatic amines is 1. The number of hydrogen-bond acceptors (Lipinski definition) is 6. The van der Waals surface area contributed by atoms with E-state index in [1.165, 1.54) is 4.80 Å². The maximum Gasteiger partial charge on any atom is 0.258 e. The minimum atomic E-state index is -0.227. The summed E-state index contributed by atoms with van der Waals surface area (Å²) in [5.41, 5.74) is 2.64. The normalized spacial score (nSPS) is 10.9. The summed E-state index contributed by atoms with van der Waals surface area (Å²) >= 11 is 0. The number of nitrogens with one attached hydrogen (secondary N) is 2. The molecular weight excluding hydrogens is 346 g/mol. The molecule has 1 amide bonds. The number of carbonyl (C=O) groups excluding carboxylic acids is 1. The van der Waals surface area contributed by atoms with Crippen LogP contribution >= 0.6 is 0 Å². The predicted octanol–water partition coefficient (Wildman–Crippen LogP) is 1.45. The van der Waals surface area contributed by atoms with E-state index in [1.54, 1.807) is 19.2 Å². The lowest BCUT2D eigenvalue weighted by molar-refractivity contribution is -0.123. The van der Waals surface area contributed by atoms with E-state index < -0.39 is 0 Å². The van der Waals surface area contributed by atoms with Crippen LogP contribution in [0.3, 0.4) is 0 Å². The van der Waals surface area contributed by atoms with Gasteiger partial charge in [-0.2, -0.15) is 4.80 Å². The average Bonchev–Trinajstić information content (AvgIpc) is 3.31. The average molecular weight is 363 g/mol. The van der Waals surface area contributed by atoms with Gasteiger partial charge in [0, 0.05) is 5.56 Å². The van der Waals surface area contributed by atoms with Gasteiger partial charge in [0.25, 0.3) is 5.91 Å². The van der Waals surface area contributed by atoms with Crippen molar-refractivity contribution in [3.05, 3.63) is 54.4 Å². The number of ether oxygens (including phenoxy) is 1. The van der Waals surface area contributed by atoms with Crippen LogP contribution in [0.15, 0.2) is 48.5 Å². The van der Waals surface area contributed by atoms with Crippen LogP contribution in [0.4, 0.5) is 0 Å². The number of benzene rings is 2. The number of tetrazole rings is 1. The van der Waals surface area contributed by atoms with Crippen molar-refractivity contribution < 1.29 is 9.53 Å². The van der Waals surface area contributed by atoms with Gasteiger partial charge in [0.15, 0.2) is 6.61 Å². The highest BCUT2D eigenvalue weighted by Gasteiger charge is 2.07. The summed E-state index contributed by atoms with van der Waals surface area (Å²) in [5, 5.41) is 14.7. The molecule has 0 aliphatic carbocycles. The fourth-order valence-electron chi connectivity index (χ4n) is 2.57. The third kappa shape index (κ3) is 3.92. The quantitative estimate of drug-likeness (QED) is 0.536. The van der Waals surface area contributed by atoms with Gasteiger partial charge >= 0.3 is 0 Å². The van der Waals surface area contributed by atoms with Crippen LogP contribution in [0.25, 0.3) is 22.4 Å². The predicted molar refractivity (Wildman–Crippen MR) is 97.7 cm³/mol. The van der Waals surface area contributed by atoms with Crippen LogP contribution < -0.4 is 10.1 Å². The van der Waals surface area contributed by atoms with Crippen molar-refractivity contribution >= 4 is 16.9 Å². The third-order valence-corrected chi connectivity index (χ3v) is 3.88. The number of H-pyrrole nitrogens is 1. The fraction of sp³-hybridized carbons (Fsp3) is 0.167. The highest BCUT2D eigenvalue weighted by molar-refractivity contribution is 5.78. The second-order valence-electron chi connectivity index (χ2n) is 5.89. The summed E-state index contributed by atoms with van der Waals surface area (Å²) < 4.78 is 5.51. The number of imidazole rings is 1. The minimum Gasteiger partial charge on any atom is -0.484 e. The van der Waals surface area contributed by atoms with E-state index in [1.807, 2.05) is 36.4 Å². The van der Waals surface area contributed by atoms with Crippen molar-refractivity contribution in [1.29, 1.82) is 0 Å². The second kappa shape index (κ2) is 7.24. The van der Waals surface area contributed by atoms with E-state index in [0.717, 1.165) is 16.6 Å². The molecule has 2 heterocycles. The van der Waals surface area contributed by atoms with E-state index >= 15 is 0 Å². The van der Waals surface area contributed by atoms with E-state index in [0.29, 0.717) is 23.9 Å². The molecule has 0 radical (unpaired) electrons. The van der Waals surface area contributed by atoms with Crippen LogP contribution in [-0.4, -0.2) is 42.7 Å². The molecule has 0 unspecified atom stereocenters. The van der Waals surface area contributed by atoms with Gasteiger partial charge in [-0.05, 0) is 41.6 Å². The molecule has 4 rings (SSSR count). The second-order valence-corrected chi connectivity index (χ2v) is 5.89. The Labute approximate surface area is 154 Å². The number of aryl methyl sites for hydroxylation is 1. The summed E-state index contributed by atoms with van der Waals surface area (Å²) in [7, 11) is 1.71. The fourth-order valence-corrected chi connectivity index (χ4v) is 2.57. The van der Waals surface area contributed by atoms with Gasteiger partial charge in [0.05, 0.1) is 24.6 Å². The van der Waals surface area contributed by atoms with E-state index in [-0.39, 0.29) is 12.5 Å². The monoisotopic (exact) mass is 363 g/mol. The van der Waals surface area contributed by atoms with E-state index in [9.17, 15) is 4.79 Å². The number of carbonyl (C=O) groups is 1. The first kappa shape index (κ1) is 16.7. The van der Waals surface area contributed by atoms with Gasteiger partial charge in [-0.3, -0.25) is 4.79 Å². The zero-order valence-electron chi connectivity index (χ0n) is 14.6. The van der Waals surface area contributed by atoms with Crippen molar-refractivity contribution in [2.24, 2.45) is 7.05 Å². The van der Waals surface area contributed by atoms with Gasteiger partial charge in [0.1, 0.15) is 11.6 Å². The highest BCUT2D eigenvalue weighted by atomic mass is 16.5. The summed E-state index contributed by atoms with van der Waals surface area (Å²) in [5.74, 6) is 1.59. The molecule has 2 aromatic heterocycles. The highest BCUT2D eigenvalue weighted by Crippen LogP contribution is 2.18. The SMILES string of the molecule is Cn1nnc(-c2ccc(OCC(=O)NCc3nc4ccccc4[nH]3)cc2)n1. The summed E-state index contributed by atoms with van der Waals surface area (Å²) in [6.45, 7) is 0.233. The molecule has 0 aliphatic rings. The first-order valence-corrected chi connectivity index (χ1v) is 8.35. The Bertz CT molecular complexity index is 1040. The number of para-hydroxylation sites is 2. The summed E-state index contributed by atoms with van der Waals surface area (Å²) in [6, 6.07) is 14.9. The van der Waals surface area contributed by atoms with Crippen LogP contribution in [-0.2, 0) is 18.4 Å². The van der Waals surface area contributed by atoms with E-state index in [4.69, 9.17) is 4.74 Å². The van der Waals surface area contributed by atoms with Crippen LogP contribution in [0.5, 0.6) is 5.75 Å². The maximum absolute atomic E-state index is 12.0. The van der Waals surface area contributed by atoms with Crippen molar-refractivity contribution in [1.82, 2.24) is 35.5 Å². The van der Waals surface area contributed by atoms with Crippen LogP contribution in [0.1, 0.15) is 5.82 Å². The molecule has 4 aromatic rings. The topological polar surface area (TPSA) is 111 Å². The number of hydrogen-bond donors (Lipinski definition) is 2. The molecule has 136 valence electrons.